The number of halogens is 1. The topological polar surface area (TPSA) is 90.4 Å². The zero-order valence-corrected chi connectivity index (χ0v) is 16.3. The van der Waals surface area contributed by atoms with Crippen LogP contribution in [0, 0.1) is 10.1 Å². The average Bonchev–Trinajstić information content (AvgIpc) is 2.63. The molecule has 0 fully saturated rings. The molecule has 0 saturated heterocycles. The van der Waals surface area contributed by atoms with Crippen molar-refractivity contribution in [3.63, 3.8) is 0 Å². The molecule has 0 N–H and O–H groups in total. The molecule has 0 radical (unpaired) electrons. The summed E-state index contributed by atoms with van der Waals surface area (Å²) >= 11 is 0. The summed E-state index contributed by atoms with van der Waals surface area (Å²) in [4.78, 5) is 10.1. The van der Waals surface area contributed by atoms with E-state index >= 15 is 0 Å². The maximum Gasteiger partial charge on any atom is 0.339 e. The molecule has 0 saturated carbocycles. The summed E-state index contributed by atoms with van der Waals surface area (Å²) in [5.74, 6) is 0.0134. The molecule has 0 amide bonds. The van der Waals surface area contributed by atoms with E-state index in [0.717, 1.165) is 5.56 Å². The number of nitro groups is 1. The summed E-state index contributed by atoms with van der Waals surface area (Å²) < 4.78 is 31.7. The van der Waals surface area contributed by atoms with Crippen molar-refractivity contribution < 1.29 is 39.1 Å². The van der Waals surface area contributed by atoms with E-state index in [2.05, 4.69) is 0 Å². The van der Waals surface area contributed by atoms with Crippen LogP contribution in [0.3, 0.4) is 0 Å². The lowest BCUT2D eigenvalue weighted by Crippen LogP contribution is -3.00. The monoisotopic (exact) mass is 450 g/mol. The van der Waals surface area contributed by atoms with Crippen LogP contribution in [-0.4, -0.2) is 13.3 Å². The van der Waals surface area contributed by atoms with E-state index in [9.17, 15) is 18.5 Å². The van der Waals surface area contributed by atoms with Gasteiger partial charge in [0.1, 0.15) is 10.6 Å². The minimum Gasteiger partial charge on any atom is -1.00 e. The Morgan fingerprint density at radius 2 is 1.52 bits per heavy atom. The van der Waals surface area contributed by atoms with Gasteiger partial charge in [-0.05, 0) is 24.3 Å². The third-order valence-corrected chi connectivity index (χ3v) is 4.87. The zero-order valence-electron chi connectivity index (χ0n) is 13.9. The number of hydrogen-bond acceptors (Lipinski definition) is 5. The zero-order chi connectivity index (χ0) is 18.6. The van der Waals surface area contributed by atoms with Gasteiger partial charge in [-0.2, -0.15) is 8.42 Å². The Labute approximate surface area is 166 Å². The van der Waals surface area contributed by atoms with E-state index < -0.39 is 15.0 Å². The van der Waals surface area contributed by atoms with Crippen molar-refractivity contribution in [1.29, 1.82) is 0 Å². The van der Waals surface area contributed by atoms with Crippen molar-refractivity contribution in [2.24, 2.45) is 0 Å². The summed E-state index contributed by atoms with van der Waals surface area (Å²) in [6.07, 6.45) is 3.84. The second-order valence-electron chi connectivity index (χ2n) is 5.48. The standard InChI is InChI=1S/C18H15N2O5S.BrH/c21-20(22)16-6-8-17(9-7-16)25-26(23,24)18-10-4-15(5-11-18)14-19-12-2-1-3-13-19;/h1-13H,14H2;1H/q+1;/p-1. The Bertz CT molecular complexity index is 1010. The summed E-state index contributed by atoms with van der Waals surface area (Å²) in [5, 5.41) is 10.6. The molecule has 3 aromatic rings. The Kier molecular flexibility index (Phi) is 6.65. The number of nitro benzene ring substituents is 1. The number of hydrogen-bond donors (Lipinski definition) is 0. The highest BCUT2D eigenvalue weighted by Gasteiger charge is 2.17. The Hall–Kier alpha value is -2.78. The highest BCUT2D eigenvalue weighted by Crippen LogP contribution is 2.22. The second-order valence-corrected chi connectivity index (χ2v) is 7.03. The van der Waals surface area contributed by atoms with Crippen LogP contribution in [0.25, 0.3) is 0 Å². The van der Waals surface area contributed by atoms with E-state index in [1.807, 2.05) is 35.2 Å². The van der Waals surface area contributed by atoms with Gasteiger partial charge in [-0.3, -0.25) is 10.1 Å². The largest absolute Gasteiger partial charge is 1.00 e. The van der Waals surface area contributed by atoms with Crippen LogP contribution in [0.15, 0.2) is 84.0 Å². The molecule has 0 aliphatic rings. The van der Waals surface area contributed by atoms with Gasteiger partial charge in [-0.15, -0.1) is 0 Å². The fourth-order valence-electron chi connectivity index (χ4n) is 2.31. The van der Waals surface area contributed by atoms with Gasteiger partial charge < -0.3 is 21.2 Å². The van der Waals surface area contributed by atoms with Crippen molar-refractivity contribution in [3.05, 3.63) is 94.8 Å². The van der Waals surface area contributed by atoms with Gasteiger partial charge in [0.2, 0.25) is 0 Å². The van der Waals surface area contributed by atoms with Crippen molar-refractivity contribution in [1.82, 2.24) is 0 Å². The molecule has 0 atom stereocenters. The number of aromatic nitrogens is 1. The van der Waals surface area contributed by atoms with Gasteiger partial charge in [0.25, 0.3) is 5.69 Å². The van der Waals surface area contributed by atoms with Crippen LogP contribution in [0.2, 0.25) is 0 Å². The fraction of sp³-hybridized carbons (Fsp3) is 0.0556. The molecule has 2 aromatic carbocycles. The minimum absolute atomic E-state index is 0. The minimum atomic E-state index is -4.01. The molecule has 3 rings (SSSR count). The quantitative estimate of drug-likeness (QED) is 0.222. The lowest BCUT2D eigenvalue weighted by molar-refractivity contribution is -0.688. The van der Waals surface area contributed by atoms with Crippen LogP contribution in [0.5, 0.6) is 5.75 Å². The third-order valence-electron chi connectivity index (χ3n) is 3.61. The first-order chi connectivity index (χ1) is 12.4. The number of pyridine rings is 1. The molecule has 0 aliphatic heterocycles. The van der Waals surface area contributed by atoms with Gasteiger partial charge >= 0.3 is 10.1 Å². The van der Waals surface area contributed by atoms with Crippen LogP contribution < -0.4 is 25.7 Å². The predicted molar refractivity (Wildman–Crippen MR) is 93.1 cm³/mol. The number of benzene rings is 2. The van der Waals surface area contributed by atoms with Gasteiger partial charge in [0.05, 0.1) is 4.92 Å². The van der Waals surface area contributed by atoms with Crippen LogP contribution in [-0.2, 0) is 16.7 Å². The third kappa shape index (κ3) is 5.35. The first-order valence-electron chi connectivity index (χ1n) is 7.66. The number of non-ortho nitro benzene ring substituents is 1. The molecular weight excluding hydrogens is 436 g/mol. The van der Waals surface area contributed by atoms with Crippen molar-refractivity contribution >= 4 is 15.8 Å². The molecule has 1 heterocycles. The van der Waals surface area contributed by atoms with Gasteiger partial charge in [-0.1, -0.05) is 18.2 Å². The van der Waals surface area contributed by atoms with E-state index in [1.54, 1.807) is 12.1 Å². The summed E-state index contributed by atoms with van der Waals surface area (Å²) in [7, 11) is -4.01. The lowest BCUT2D eigenvalue weighted by atomic mass is 10.2. The van der Waals surface area contributed by atoms with E-state index in [0.29, 0.717) is 6.54 Å². The van der Waals surface area contributed by atoms with Crippen molar-refractivity contribution in [2.45, 2.75) is 11.4 Å². The SMILES string of the molecule is O=[N+]([O-])c1ccc(OS(=O)(=O)c2ccc(C[n+]3ccccc3)cc2)cc1.[Br-]. The Morgan fingerprint density at radius 1 is 0.926 bits per heavy atom. The second kappa shape index (κ2) is 8.74. The predicted octanol–water partition coefficient (Wildman–Crippen LogP) is -0.298. The van der Waals surface area contributed by atoms with Gasteiger partial charge in [0, 0.05) is 29.8 Å². The molecule has 7 nitrogen and oxygen atoms in total. The molecular formula is C18H15BrN2O5S. The van der Waals surface area contributed by atoms with Crippen molar-refractivity contribution in [2.75, 3.05) is 0 Å². The summed E-state index contributed by atoms with van der Waals surface area (Å²) in [5.41, 5.74) is 0.799. The van der Waals surface area contributed by atoms with Crippen LogP contribution in [0.4, 0.5) is 5.69 Å². The highest BCUT2D eigenvalue weighted by molar-refractivity contribution is 7.87. The molecule has 27 heavy (non-hydrogen) atoms. The number of nitrogens with zero attached hydrogens (tertiary/aromatic N) is 2. The van der Waals surface area contributed by atoms with Crippen LogP contribution in [0.1, 0.15) is 5.56 Å². The van der Waals surface area contributed by atoms with Gasteiger partial charge in [-0.25, -0.2) is 4.57 Å². The maximum absolute atomic E-state index is 12.3. The average molecular weight is 451 g/mol. The molecule has 9 heteroatoms. The van der Waals surface area contributed by atoms with Crippen LogP contribution >= 0.6 is 0 Å². The van der Waals surface area contributed by atoms with E-state index in [4.69, 9.17) is 4.18 Å². The molecule has 0 unspecified atom stereocenters. The lowest BCUT2D eigenvalue weighted by Gasteiger charge is -2.07. The van der Waals surface area contributed by atoms with E-state index in [-0.39, 0.29) is 33.3 Å². The Morgan fingerprint density at radius 3 is 2.07 bits per heavy atom. The van der Waals surface area contributed by atoms with E-state index in [1.165, 1.54) is 36.4 Å². The summed E-state index contributed by atoms with van der Waals surface area (Å²) in [6.45, 7) is 0.615. The highest BCUT2D eigenvalue weighted by atomic mass is 79.9. The molecule has 1 aromatic heterocycles. The molecule has 140 valence electrons. The normalized spacial score (nSPS) is 10.7. The number of rotatable bonds is 6. The Balaban J connectivity index is 0.00000261. The fourth-order valence-corrected chi connectivity index (χ4v) is 3.24. The van der Waals surface area contributed by atoms with Gasteiger partial charge in [0.15, 0.2) is 18.9 Å². The smallest absolute Gasteiger partial charge is 0.339 e. The van der Waals surface area contributed by atoms with Crippen molar-refractivity contribution in [3.8, 4) is 5.75 Å². The molecule has 0 spiro atoms. The molecule has 0 bridgehead atoms. The first kappa shape index (κ1) is 20.5. The first-order valence-corrected chi connectivity index (χ1v) is 9.07. The maximum atomic E-state index is 12.3. The molecule has 0 aliphatic carbocycles. The summed E-state index contributed by atoms with van der Waals surface area (Å²) in [6, 6.07) is 17.0.